The highest BCUT2D eigenvalue weighted by Crippen LogP contribution is 2.50. The van der Waals surface area contributed by atoms with Gasteiger partial charge in [0.05, 0.1) is 17.1 Å². The smallest absolute Gasteiger partial charge is 0.164 e. The average Bonchev–Trinajstić information content (AvgIpc) is 3.48. The van der Waals surface area contributed by atoms with Crippen LogP contribution < -0.4 is 0 Å². The lowest BCUT2D eigenvalue weighted by molar-refractivity contribution is 0.660. The molecule has 258 valence electrons. The van der Waals surface area contributed by atoms with Crippen molar-refractivity contribution in [1.29, 1.82) is 5.26 Å². The van der Waals surface area contributed by atoms with Crippen LogP contribution in [0.5, 0.6) is 0 Å². The average molecular weight is 704 g/mol. The molecule has 5 heteroatoms. The lowest BCUT2D eigenvalue weighted by Gasteiger charge is -2.22. The fourth-order valence-electron chi connectivity index (χ4n) is 8.16. The van der Waals surface area contributed by atoms with E-state index in [2.05, 4.69) is 98.8 Å². The molecule has 1 aliphatic carbocycles. The minimum atomic E-state index is -0.277. The van der Waals surface area contributed by atoms with Gasteiger partial charge in [-0.25, -0.2) is 15.0 Å². The highest BCUT2D eigenvalue weighted by molar-refractivity contribution is 6.10. The lowest BCUT2D eigenvalue weighted by atomic mass is 9.81. The molecule has 0 saturated heterocycles. The Morgan fingerprint density at radius 2 is 1.09 bits per heavy atom. The Kier molecular flexibility index (Phi) is 7.47. The van der Waals surface area contributed by atoms with Crippen LogP contribution in [0.25, 0.3) is 89.2 Å². The Labute approximate surface area is 319 Å². The molecule has 0 aliphatic heterocycles. The second-order valence-electron chi connectivity index (χ2n) is 14.6. The number of benzene rings is 7. The molecule has 0 N–H and O–H groups in total. The predicted octanol–water partition coefficient (Wildman–Crippen LogP) is 12.1. The van der Waals surface area contributed by atoms with Crippen molar-refractivity contribution in [3.8, 4) is 73.6 Å². The van der Waals surface area contributed by atoms with Gasteiger partial charge in [0, 0.05) is 39.1 Å². The van der Waals surface area contributed by atoms with E-state index in [0.717, 1.165) is 60.6 Å². The molecule has 55 heavy (non-hydrogen) atoms. The summed E-state index contributed by atoms with van der Waals surface area (Å²) in [5, 5.41) is 13.0. The van der Waals surface area contributed by atoms with Crippen LogP contribution in [0.1, 0.15) is 30.5 Å². The Morgan fingerprint density at radius 1 is 0.455 bits per heavy atom. The number of nitrogens with zero attached hydrogens (tertiary/aromatic N) is 5. The molecule has 0 amide bonds. The number of fused-ring (bicyclic) bond motifs is 6. The molecule has 0 saturated carbocycles. The normalized spacial score (nSPS) is 12.7. The van der Waals surface area contributed by atoms with Crippen molar-refractivity contribution >= 4 is 21.7 Å². The minimum absolute atomic E-state index is 0.277. The topological polar surface area (TPSA) is 75.3 Å². The monoisotopic (exact) mass is 703 g/mol. The Morgan fingerprint density at radius 3 is 1.80 bits per heavy atom. The minimum Gasteiger partial charge on any atom is -0.256 e. The maximum Gasteiger partial charge on any atom is 0.164 e. The third-order valence-corrected chi connectivity index (χ3v) is 11.0. The van der Waals surface area contributed by atoms with Gasteiger partial charge in [-0.15, -0.1) is 0 Å². The highest BCUT2D eigenvalue weighted by Gasteiger charge is 2.36. The van der Waals surface area contributed by atoms with E-state index in [1.54, 1.807) is 0 Å². The largest absolute Gasteiger partial charge is 0.256 e. The molecule has 9 aromatic rings. The number of hydrogen-bond donors (Lipinski definition) is 0. The Hall–Kier alpha value is -7.29. The van der Waals surface area contributed by atoms with Crippen molar-refractivity contribution in [1.82, 2.24) is 19.9 Å². The van der Waals surface area contributed by atoms with E-state index in [4.69, 9.17) is 19.9 Å². The molecule has 2 heterocycles. The third-order valence-electron chi connectivity index (χ3n) is 11.0. The molecule has 1 aliphatic rings. The molecule has 2 aromatic heterocycles. The summed E-state index contributed by atoms with van der Waals surface area (Å²) in [7, 11) is 0. The molecule has 0 fully saturated rings. The van der Waals surface area contributed by atoms with E-state index in [9.17, 15) is 5.26 Å². The van der Waals surface area contributed by atoms with Crippen LogP contribution in [-0.4, -0.2) is 19.9 Å². The summed E-state index contributed by atoms with van der Waals surface area (Å²) in [6.45, 7) is 4.50. The van der Waals surface area contributed by atoms with Gasteiger partial charge in [-0.3, -0.25) is 4.98 Å². The SMILES string of the molecule is CC1(C)c2cc(C#N)ccc2-c2ccc(-c3cc(-c4nc(-c5ccccc5)nc(-c5ccccc5)n4)cc(-c4cccc5c4ccc4cccnc45)c3)cc21. The number of aromatic nitrogens is 4. The Bertz CT molecular complexity index is 2960. The summed E-state index contributed by atoms with van der Waals surface area (Å²) in [5.41, 5.74) is 13.2. The summed E-state index contributed by atoms with van der Waals surface area (Å²) in [6, 6.07) is 56.9. The first kappa shape index (κ1) is 32.4. The van der Waals surface area contributed by atoms with E-state index < -0.39 is 0 Å². The zero-order chi connectivity index (χ0) is 37.1. The van der Waals surface area contributed by atoms with Crippen LogP contribution in [0.2, 0.25) is 0 Å². The van der Waals surface area contributed by atoms with Crippen molar-refractivity contribution in [2.75, 3.05) is 0 Å². The van der Waals surface area contributed by atoms with Crippen molar-refractivity contribution in [2.24, 2.45) is 0 Å². The molecule has 0 atom stereocenters. The molecule has 7 aromatic carbocycles. The molecule has 0 unspecified atom stereocenters. The predicted molar refractivity (Wildman–Crippen MR) is 222 cm³/mol. The number of pyridine rings is 1. The van der Waals surface area contributed by atoms with Gasteiger partial charge >= 0.3 is 0 Å². The van der Waals surface area contributed by atoms with Gasteiger partial charge in [0.15, 0.2) is 17.5 Å². The fraction of sp³-hybridized carbons (Fsp3) is 0.0600. The van der Waals surface area contributed by atoms with Crippen molar-refractivity contribution < 1.29 is 0 Å². The standard InChI is InChI=1S/C50H33N5/c1-50(2)44-25-31(30-51)18-21-41(44)42-23-20-35(29-45(42)50)36-26-37(39-16-9-17-43-40(39)22-19-32-15-10-24-52-46(32)43)28-38(27-36)49-54-47(33-11-5-3-6-12-33)53-48(55-49)34-13-7-4-8-14-34/h3-29H,1-2H3. The molecule has 5 nitrogen and oxygen atoms in total. The number of hydrogen-bond acceptors (Lipinski definition) is 5. The third kappa shape index (κ3) is 5.47. The summed E-state index contributed by atoms with van der Waals surface area (Å²) in [4.78, 5) is 20.0. The van der Waals surface area contributed by atoms with Crippen LogP contribution in [0.15, 0.2) is 164 Å². The van der Waals surface area contributed by atoms with Crippen LogP contribution >= 0.6 is 0 Å². The fourth-order valence-corrected chi connectivity index (χ4v) is 8.16. The molecule has 0 radical (unpaired) electrons. The van der Waals surface area contributed by atoms with Gasteiger partial charge < -0.3 is 0 Å². The number of nitriles is 1. The van der Waals surface area contributed by atoms with Gasteiger partial charge in [-0.1, -0.05) is 129 Å². The zero-order valence-corrected chi connectivity index (χ0v) is 30.3. The van der Waals surface area contributed by atoms with Crippen LogP contribution in [-0.2, 0) is 5.41 Å². The molecule has 10 rings (SSSR count). The highest BCUT2D eigenvalue weighted by atomic mass is 15.0. The van der Waals surface area contributed by atoms with Crippen LogP contribution in [0.3, 0.4) is 0 Å². The van der Waals surface area contributed by atoms with E-state index in [0.29, 0.717) is 23.0 Å². The van der Waals surface area contributed by atoms with Crippen molar-refractivity contribution in [2.45, 2.75) is 19.3 Å². The van der Waals surface area contributed by atoms with Gasteiger partial charge in [0.1, 0.15) is 0 Å². The van der Waals surface area contributed by atoms with Crippen LogP contribution in [0, 0.1) is 11.3 Å². The summed E-state index contributed by atoms with van der Waals surface area (Å²) < 4.78 is 0. The first-order chi connectivity index (χ1) is 26.9. The maximum absolute atomic E-state index is 9.70. The van der Waals surface area contributed by atoms with E-state index in [-0.39, 0.29) is 5.41 Å². The second kappa shape index (κ2) is 12.7. The van der Waals surface area contributed by atoms with Crippen molar-refractivity contribution in [3.05, 3.63) is 181 Å². The van der Waals surface area contributed by atoms with Crippen LogP contribution in [0.4, 0.5) is 0 Å². The summed E-state index contributed by atoms with van der Waals surface area (Å²) in [5.74, 6) is 1.84. The van der Waals surface area contributed by atoms with E-state index in [1.807, 2.05) is 85.1 Å². The molecule has 0 spiro atoms. The van der Waals surface area contributed by atoms with Gasteiger partial charge in [0.25, 0.3) is 0 Å². The quantitative estimate of drug-likeness (QED) is 0.167. The summed E-state index contributed by atoms with van der Waals surface area (Å²) in [6.07, 6.45) is 1.86. The first-order valence-corrected chi connectivity index (χ1v) is 18.4. The molecule has 0 bridgehead atoms. The van der Waals surface area contributed by atoms with Gasteiger partial charge in [0.2, 0.25) is 0 Å². The van der Waals surface area contributed by atoms with E-state index in [1.165, 1.54) is 22.3 Å². The number of rotatable bonds is 5. The van der Waals surface area contributed by atoms with E-state index >= 15 is 0 Å². The second-order valence-corrected chi connectivity index (χ2v) is 14.6. The summed E-state index contributed by atoms with van der Waals surface area (Å²) >= 11 is 0. The van der Waals surface area contributed by atoms with Gasteiger partial charge in [-0.2, -0.15) is 5.26 Å². The maximum atomic E-state index is 9.70. The first-order valence-electron chi connectivity index (χ1n) is 18.4. The molecular formula is C50H33N5. The van der Waals surface area contributed by atoms with Gasteiger partial charge in [-0.05, 0) is 92.4 Å². The Balaban J connectivity index is 1.21. The molecular weight excluding hydrogens is 671 g/mol. The lowest BCUT2D eigenvalue weighted by Crippen LogP contribution is -2.15. The van der Waals surface area contributed by atoms with Crippen molar-refractivity contribution in [3.63, 3.8) is 0 Å². The zero-order valence-electron chi connectivity index (χ0n) is 30.3.